The first-order valence-electron chi connectivity index (χ1n) is 7.57. The quantitative estimate of drug-likeness (QED) is 0.799. The molecule has 1 aliphatic carbocycles. The largest absolute Gasteiger partial charge is 0.464 e. The number of esters is 1. The predicted molar refractivity (Wildman–Crippen MR) is 72.5 cm³/mol. The number of amides is 1. The van der Waals surface area contributed by atoms with Gasteiger partial charge in [0.05, 0.1) is 6.61 Å². The number of carbonyl (C=O) groups is 2. The second-order valence-electron chi connectivity index (χ2n) is 6.00. The van der Waals surface area contributed by atoms with Crippen molar-refractivity contribution in [2.45, 2.75) is 64.8 Å². The molecule has 2 fully saturated rings. The van der Waals surface area contributed by atoms with Gasteiger partial charge in [-0.05, 0) is 32.1 Å². The molecule has 0 aromatic carbocycles. The summed E-state index contributed by atoms with van der Waals surface area (Å²) >= 11 is 0. The van der Waals surface area contributed by atoms with Crippen LogP contribution in [0.15, 0.2) is 0 Å². The van der Waals surface area contributed by atoms with Crippen molar-refractivity contribution in [1.82, 2.24) is 5.32 Å². The van der Waals surface area contributed by atoms with Crippen molar-refractivity contribution in [2.75, 3.05) is 6.61 Å². The first-order chi connectivity index (χ1) is 9.11. The maximum Gasteiger partial charge on any atom is 0.329 e. The monoisotopic (exact) mass is 267 g/mol. The van der Waals surface area contributed by atoms with Crippen LogP contribution in [0.2, 0.25) is 0 Å². The number of hydrogen-bond acceptors (Lipinski definition) is 3. The van der Waals surface area contributed by atoms with Crippen LogP contribution in [-0.2, 0) is 14.3 Å². The van der Waals surface area contributed by atoms with Gasteiger partial charge in [-0.2, -0.15) is 0 Å². The second-order valence-corrected chi connectivity index (χ2v) is 6.00. The molecule has 19 heavy (non-hydrogen) atoms. The lowest BCUT2D eigenvalue weighted by molar-refractivity contribution is -0.148. The van der Waals surface area contributed by atoms with E-state index < -0.39 is 6.04 Å². The Balaban J connectivity index is 2.14. The molecule has 0 aromatic rings. The molecule has 1 amide bonds. The van der Waals surface area contributed by atoms with Gasteiger partial charge in [-0.25, -0.2) is 4.79 Å². The number of ether oxygens (including phenoxy) is 1. The Labute approximate surface area is 115 Å². The molecule has 1 heterocycles. The number of rotatable bonds is 3. The molecule has 1 saturated carbocycles. The summed E-state index contributed by atoms with van der Waals surface area (Å²) in [7, 11) is 0. The molecule has 2 aliphatic rings. The highest BCUT2D eigenvalue weighted by molar-refractivity contribution is 5.90. The summed E-state index contributed by atoms with van der Waals surface area (Å²) in [5.41, 5.74) is -0.187. The average molecular weight is 267 g/mol. The van der Waals surface area contributed by atoms with Gasteiger partial charge in [-0.1, -0.05) is 26.2 Å². The van der Waals surface area contributed by atoms with Gasteiger partial charge in [0, 0.05) is 11.8 Å². The first-order valence-corrected chi connectivity index (χ1v) is 7.57. The zero-order valence-electron chi connectivity index (χ0n) is 12.0. The van der Waals surface area contributed by atoms with Crippen LogP contribution in [0.4, 0.5) is 0 Å². The minimum Gasteiger partial charge on any atom is -0.464 e. The van der Waals surface area contributed by atoms with Crippen molar-refractivity contribution in [2.24, 2.45) is 11.3 Å². The highest BCUT2D eigenvalue weighted by Crippen LogP contribution is 2.46. The van der Waals surface area contributed by atoms with E-state index in [2.05, 4.69) is 12.2 Å². The van der Waals surface area contributed by atoms with E-state index in [1.165, 1.54) is 12.8 Å². The summed E-state index contributed by atoms with van der Waals surface area (Å²) < 4.78 is 5.14. The standard InChI is InChI=1S/C15H25NO3/c1-3-11-6-5-8-15(9-7-11)10-12(17)16-13(15)14(18)19-4-2/h11,13H,3-10H2,1-2H3,(H,16,17). The van der Waals surface area contributed by atoms with Gasteiger partial charge >= 0.3 is 5.97 Å². The lowest BCUT2D eigenvalue weighted by Crippen LogP contribution is -2.44. The molecule has 2 rings (SSSR count). The Morgan fingerprint density at radius 2 is 2.16 bits per heavy atom. The highest BCUT2D eigenvalue weighted by atomic mass is 16.5. The molecular weight excluding hydrogens is 242 g/mol. The summed E-state index contributed by atoms with van der Waals surface area (Å²) in [5.74, 6) is 0.509. The van der Waals surface area contributed by atoms with Crippen LogP contribution in [0.3, 0.4) is 0 Å². The Kier molecular flexibility index (Phi) is 4.48. The van der Waals surface area contributed by atoms with Gasteiger partial charge in [0.1, 0.15) is 6.04 Å². The molecular formula is C15H25NO3. The molecule has 4 heteroatoms. The predicted octanol–water partition coefficient (Wildman–Crippen LogP) is 2.41. The van der Waals surface area contributed by atoms with Crippen LogP contribution in [0.25, 0.3) is 0 Å². The summed E-state index contributed by atoms with van der Waals surface area (Å²) in [6, 6.07) is -0.421. The third-order valence-electron chi connectivity index (χ3n) is 4.87. The van der Waals surface area contributed by atoms with E-state index in [0.29, 0.717) is 13.0 Å². The van der Waals surface area contributed by atoms with E-state index >= 15 is 0 Å². The Morgan fingerprint density at radius 3 is 2.84 bits per heavy atom. The van der Waals surface area contributed by atoms with Gasteiger partial charge < -0.3 is 10.1 Å². The smallest absolute Gasteiger partial charge is 0.329 e. The lowest BCUT2D eigenvalue weighted by Gasteiger charge is -2.31. The molecule has 0 radical (unpaired) electrons. The first kappa shape index (κ1) is 14.4. The highest BCUT2D eigenvalue weighted by Gasteiger charge is 2.51. The minimum atomic E-state index is -0.421. The SMILES string of the molecule is CCOC(=O)C1NC(=O)CC12CCCC(CC)CC2. The van der Waals surface area contributed by atoms with Crippen LogP contribution in [0, 0.1) is 11.3 Å². The van der Waals surface area contributed by atoms with Crippen LogP contribution >= 0.6 is 0 Å². The summed E-state index contributed by atoms with van der Waals surface area (Å²) in [6.45, 7) is 4.41. The molecule has 3 unspecified atom stereocenters. The van der Waals surface area contributed by atoms with Crippen LogP contribution in [0.1, 0.15) is 58.8 Å². The zero-order valence-corrected chi connectivity index (χ0v) is 12.0. The van der Waals surface area contributed by atoms with Gasteiger partial charge in [0.2, 0.25) is 5.91 Å². The van der Waals surface area contributed by atoms with Crippen molar-refractivity contribution in [3.05, 3.63) is 0 Å². The number of hydrogen-bond donors (Lipinski definition) is 1. The van der Waals surface area contributed by atoms with Crippen molar-refractivity contribution in [1.29, 1.82) is 0 Å². The number of nitrogens with one attached hydrogen (secondary N) is 1. The van der Waals surface area contributed by atoms with Gasteiger partial charge in [-0.3, -0.25) is 4.79 Å². The minimum absolute atomic E-state index is 0.00741. The molecule has 1 aliphatic heterocycles. The van der Waals surface area contributed by atoms with Crippen molar-refractivity contribution >= 4 is 11.9 Å². The summed E-state index contributed by atoms with van der Waals surface area (Å²) in [6.07, 6.45) is 7.08. The molecule has 0 aromatic heterocycles. The Morgan fingerprint density at radius 1 is 1.37 bits per heavy atom. The molecule has 3 atom stereocenters. The van der Waals surface area contributed by atoms with E-state index in [0.717, 1.165) is 31.6 Å². The fourth-order valence-electron chi connectivity index (χ4n) is 3.70. The Hall–Kier alpha value is -1.06. The van der Waals surface area contributed by atoms with Gasteiger partial charge in [0.15, 0.2) is 0 Å². The third-order valence-corrected chi connectivity index (χ3v) is 4.87. The van der Waals surface area contributed by atoms with Gasteiger partial charge in [-0.15, -0.1) is 0 Å². The van der Waals surface area contributed by atoms with E-state index in [4.69, 9.17) is 4.74 Å². The van der Waals surface area contributed by atoms with Gasteiger partial charge in [0.25, 0.3) is 0 Å². The number of carbonyl (C=O) groups excluding carboxylic acids is 2. The maximum absolute atomic E-state index is 12.1. The molecule has 108 valence electrons. The lowest BCUT2D eigenvalue weighted by atomic mass is 9.73. The fraction of sp³-hybridized carbons (Fsp3) is 0.867. The topological polar surface area (TPSA) is 55.4 Å². The van der Waals surface area contributed by atoms with E-state index in [1.54, 1.807) is 0 Å². The van der Waals surface area contributed by atoms with Crippen LogP contribution in [-0.4, -0.2) is 24.5 Å². The second kappa shape index (κ2) is 5.93. The average Bonchev–Trinajstić information content (AvgIpc) is 2.57. The van der Waals surface area contributed by atoms with E-state index in [9.17, 15) is 9.59 Å². The Bertz CT molecular complexity index is 355. The molecule has 1 saturated heterocycles. The van der Waals surface area contributed by atoms with Crippen molar-refractivity contribution in [3.8, 4) is 0 Å². The maximum atomic E-state index is 12.1. The van der Waals surface area contributed by atoms with Crippen LogP contribution in [0.5, 0.6) is 0 Å². The molecule has 1 N–H and O–H groups in total. The fourth-order valence-corrected chi connectivity index (χ4v) is 3.70. The van der Waals surface area contributed by atoms with Crippen molar-refractivity contribution < 1.29 is 14.3 Å². The summed E-state index contributed by atoms with van der Waals surface area (Å²) in [4.78, 5) is 23.9. The molecule has 0 bridgehead atoms. The van der Waals surface area contributed by atoms with Crippen molar-refractivity contribution in [3.63, 3.8) is 0 Å². The molecule has 1 spiro atoms. The third kappa shape index (κ3) is 2.93. The normalized spacial score (nSPS) is 34.9. The van der Waals surface area contributed by atoms with E-state index in [-0.39, 0.29) is 17.3 Å². The summed E-state index contributed by atoms with van der Waals surface area (Å²) in [5, 5.41) is 2.85. The van der Waals surface area contributed by atoms with Crippen LogP contribution < -0.4 is 5.32 Å². The van der Waals surface area contributed by atoms with E-state index in [1.807, 2.05) is 6.92 Å². The molecule has 4 nitrogen and oxygen atoms in total. The zero-order chi connectivity index (χ0) is 13.9.